The van der Waals surface area contributed by atoms with Crippen LogP contribution in [0.2, 0.25) is 0 Å². The van der Waals surface area contributed by atoms with Gasteiger partial charge in [-0.15, -0.1) is 0 Å². The fraction of sp³-hybridized carbons (Fsp3) is 0.556. The summed E-state index contributed by atoms with van der Waals surface area (Å²) in [4.78, 5) is 15.2. The zero-order chi connectivity index (χ0) is 9.15. The molecule has 1 radical (unpaired) electrons. The van der Waals surface area contributed by atoms with E-state index in [-0.39, 0.29) is 0 Å². The maximum atomic E-state index is 11.1. The summed E-state index contributed by atoms with van der Waals surface area (Å²) in [6.07, 6.45) is 7.19. The van der Waals surface area contributed by atoms with Crippen molar-refractivity contribution < 1.29 is 4.79 Å². The van der Waals surface area contributed by atoms with Gasteiger partial charge in [-0.25, -0.2) is 4.98 Å². The Morgan fingerprint density at radius 1 is 1.54 bits per heavy atom. The fourth-order valence-electron chi connectivity index (χ4n) is 1.76. The quantitative estimate of drug-likeness (QED) is 0.675. The number of hydrogen-bond donors (Lipinski definition) is 0. The number of hydrogen-bond acceptors (Lipinski definition) is 4. The third-order valence-electron chi connectivity index (χ3n) is 2.54. The highest BCUT2D eigenvalue weighted by molar-refractivity contribution is 7.03. The standard InChI is InChI=1S/C9H11N2OS/c12-6-9(4-2-1-3-5-9)8-10-7-13-11-8/h4,6-7H,1-3,5H2. The Bertz CT molecular complexity index is 278. The Kier molecular flexibility index (Phi) is 2.40. The second-order valence-corrected chi connectivity index (χ2v) is 3.97. The van der Waals surface area contributed by atoms with Crippen LogP contribution >= 0.6 is 11.5 Å². The first kappa shape index (κ1) is 8.81. The zero-order valence-electron chi connectivity index (χ0n) is 7.27. The Balaban J connectivity index is 2.28. The summed E-state index contributed by atoms with van der Waals surface area (Å²) in [7, 11) is 0. The second kappa shape index (κ2) is 3.54. The van der Waals surface area contributed by atoms with Crippen LogP contribution in [0.25, 0.3) is 0 Å². The third kappa shape index (κ3) is 1.50. The van der Waals surface area contributed by atoms with Gasteiger partial charge in [-0.05, 0) is 30.8 Å². The number of nitrogens with zero attached hydrogens (tertiary/aromatic N) is 2. The minimum Gasteiger partial charge on any atom is -0.302 e. The highest BCUT2D eigenvalue weighted by Gasteiger charge is 2.36. The highest BCUT2D eigenvalue weighted by atomic mass is 32.1. The lowest BCUT2D eigenvalue weighted by molar-refractivity contribution is -0.112. The van der Waals surface area contributed by atoms with Gasteiger partial charge in [0, 0.05) is 0 Å². The molecule has 1 saturated carbocycles. The first-order valence-corrected chi connectivity index (χ1v) is 5.29. The van der Waals surface area contributed by atoms with Crippen LogP contribution in [-0.2, 0) is 10.2 Å². The molecule has 0 spiro atoms. The molecule has 1 aromatic rings. The van der Waals surface area contributed by atoms with Gasteiger partial charge in [-0.1, -0.05) is 12.8 Å². The summed E-state index contributed by atoms with van der Waals surface area (Å²) >= 11 is 1.31. The van der Waals surface area contributed by atoms with Crippen molar-refractivity contribution in [3.05, 3.63) is 17.8 Å². The van der Waals surface area contributed by atoms with Gasteiger partial charge in [-0.2, -0.15) is 4.37 Å². The van der Waals surface area contributed by atoms with Crippen LogP contribution in [0.5, 0.6) is 0 Å². The maximum Gasteiger partial charge on any atom is 0.155 e. The number of rotatable bonds is 2. The van der Waals surface area contributed by atoms with Crippen molar-refractivity contribution in [1.82, 2.24) is 9.36 Å². The van der Waals surface area contributed by atoms with E-state index in [0.29, 0.717) is 5.82 Å². The molecule has 0 aromatic carbocycles. The molecule has 1 unspecified atom stereocenters. The summed E-state index contributed by atoms with van der Waals surface area (Å²) in [6.45, 7) is 0. The predicted octanol–water partition coefficient (Wildman–Crippen LogP) is 1.75. The van der Waals surface area contributed by atoms with Crippen molar-refractivity contribution in [1.29, 1.82) is 0 Å². The monoisotopic (exact) mass is 195 g/mol. The minimum atomic E-state index is -0.474. The van der Waals surface area contributed by atoms with Gasteiger partial charge in [0.1, 0.15) is 11.8 Å². The molecule has 2 rings (SSSR count). The summed E-state index contributed by atoms with van der Waals surface area (Å²) in [5.41, 5.74) is 1.21. The molecular formula is C9H11N2OS. The van der Waals surface area contributed by atoms with Crippen LogP contribution in [0.4, 0.5) is 0 Å². The first-order chi connectivity index (χ1) is 6.37. The zero-order valence-corrected chi connectivity index (χ0v) is 8.09. The molecule has 0 bridgehead atoms. The van der Waals surface area contributed by atoms with Gasteiger partial charge in [-0.3, -0.25) is 0 Å². The largest absolute Gasteiger partial charge is 0.302 e. The molecule has 1 aliphatic carbocycles. The molecule has 1 heterocycles. The average Bonchev–Trinajstić information content (AvgIpc) is 2.72. The molecule has 1 atom stereocenters. The Morgan fingerprint density at radius 3 is 3.00 bits per heavy atom. The molecule has 0 saturated heterocycles. The second-order valence-electron chi connectivity index (χ2n) is 3.36. The summed E-state index contributed by atoms with van der Waals surface area (Å²) in [5.74, 6) is 0.687. The van der Waals surface area contributed by atoms with E-state index in [0.717, 1.165) is 25.5 Å². The molecule has 3 nitrogen and oxygen atoms in total. The van der Waals surface area contributed by atoms with Crippen LogP contribution in [-0.4, -0.2) is 15.6 Å². The van der Waals surface area contributed by atoms with E-state index >= 15 is 0 Å². The number of carbonyl (C=O) groups is 1. The lowest BCUT2D eigenvalue weighted by atomic mass is 9.75. The summed E-state index contributed by atoms with van der Waals surface area (Å²) in [6, 6.07) is 0. The highest BCUT2D eigenvalue weighted by Crippen LogP contribution is 2.35. The van der Waals surface area contributed by atoms with E-state index < -0.39 is 5.41 Å². The lowest BCUT2D eigenvalue weighted by Crippen LogP contribution is -2.32. The molecule has 13 heavy (non-hydrogen) atoms. The average molecular weight is 195 g/mol. The van der Waals surface area contributed by atoms with Crippen molar-refractivity contribution in [2.75, 3.05) is 0 Å². The Labute approximate surface area is 81.4 Å². The lowest BCUT2D eigenvalue weighted by Gasteiger charge is -2.28. The Morgan fingerprint density at radius 2 is 2.46 bits per heavy atom. The smallest absolute Gasteiger partial charge is 0.155 e. The van der Waals surface area contributed by atoms with E-state index in [9.17, 15) is 4.79 Å². The van der Waals surface area contributed by atoms with E-state index in [1.165, 1.54) is 18.0 Å². The predicted molar refractivity (Wildman–Crippen MR) is 50.4 cm³/mol. The van der Waals surface area contributed by atoms with Crippen molar-refractivity contribution in [2.45, 2.75) is 31.1 Å². The van der Waals surface area contributed by atoms with Gasteiger partial charge in [0.15, 0.2) is 5.82 Å². The van der Waals surface area contributed by atoms with Crippen molar-refractivity contribution in [3.8, 4) is 0 Å². The first-order valence-electron chi connectivity index (χ1n) is 4.45. The van der Waals surface area contributed by atoms with E-state index in [4.69, 9.17) is 0 Å². The number of carbonyl (C=O) groups excluding carboxylic acids is 1. The summed E-state index contributed by atoms with van der Waals surface area (Å²) in [5, 5.41) is 0. The molecule has 1 aromatic heterocycles. The van der Waals surface area contributed by atoms with Crippen LogP contribution < -0.4 is 0 Å². The topological polar surface area (TPSA) is 42.9 Å². The maximum absolute atomic E-state index is 11.1. The molecule has 1 fully saturated rings. The van der Waals surface area contributed by atoms with Gasteiger partial charge < -0.3 is 4.79 Å². The van der Waals surface area contributed by atoms with Gasteiger partial charge in [0.05, 0.1) is 5.41 Å². The molecule has 1 aliphatic rings. The SMILES string of the molecule is O=CC1(c2ncsn2)[CH]CCCC1. The molecule has 0 aliphatic heterocycles. The van der Waals surface area contributed by atoms with Crippen molar-refractivity contribution in [2.24, 2.45) is 0 Å². The molecular weight excluding hydrogens is 184 g/mol. The number of aldehydes is 1. The van der Waals surface area contributed by atoms with Crippen LogP contribution in [0.3, 0.4) is 0 Å². The van der Waals surface area contributed by atoms with Gasteiger partial charge >= 0.3 is 0 Å². The third-order valence-corrected chi connectivity index (χ3v) is 3.02. The fourth-order valence-corrected chi connectivity index (χ4v) is 2.27. The molecule has 0 amide bonds. The van der Waals surface area contributed by atoms with E-state index in [1.54, 1.807) is 5.51 Å². The van der Waals surface area contributed by atoms with Crippen molar-refractivity contribution in [3.63, 3.8) is 0 Å². The molecule has 4 heteroatoms. The van der Waals surface area contributed by atoms with Crippen LogP contribution in [0.1, 0.15) is 31.5 Å². The van der Waals surface area contributed by atoms with Gasteiger partial charge in [0.25, 0.3) is 0 Å². The minimum absolute atomic E-state index is 0.474. The van der Waals surface area contributed by atoms with E-state index in [1.807, 2.05) is 0 Å². The molecule has 69 valence electrons. The van der Waals surface area contributed by atoms with Crippen LogP contribution in [0, 0.1) is 6.42 Å². The molecule has 0 N–H and O–H groups in total. The normalized spacial score (nSPS) is 21.2. The van der Waals surface area contributed by atoms with E-state index in [2.05, 4.69) is 15.8 Å². The summed E-state index contributed by atoms with van der Waals surface area (Å²) < 4.78 is 4.15. The van der Waals surface area contributed by atoms with Gasteiger partial charge in [0.2, 0.25) is 0 Å². The van der Waals surface area contributed by atoms with Crippen LogP contribution in [0.15, 0.2) is 5.51 Å². The number of aromatic nitrogens is 2. The Hall–Kier alpha value is -0.770. The van der Waals surface area contributed by atoms with Crippen molar-refractivity contribution >= 4 is 17.8 Å².